The molecular formula is C19H21F2N3O4. The number of hydrogen-bond donors (Lipinski definition) is 2. The Hall–Kier alpha value is -2.52. The van der Waals surface area contributed by atoms with Gasteiger partial charge in [-0.25, -0.2) is 13.6 Å². The van der Waals surface area contributed by atoms with Crippen LogP contribution in [-0.2, 0) is 4.74 Å². The van der Waals surface area contributed by atoms with E-state index in [-0.39, 0.29) is 28.7 Å². The summed E-state index contributed by atoms with van der Waals surface area (Å²) in [6, 6.07) is 0.610. The van der Waals surface area contributed by atoms with E-state index in [1.807, 2.05) is 0 Å². The molecule has 0 spiro atoms. The van der Waals surface area contributed by atoms with Crippen molar-refractivity contribution in [3.8, 4) is 0 Å². The van der Waals surface area contributed by atoms with Crippen molar-refractivity contribution in [2.24, 2.45) is 0 Å². The van der Waals surface area contributed by atoms with E-state index in [1.54, 1.807) is 11.9 Å². The number of morpholine rings is 1. The van der Waals surface area contributed by atoms with Crippen molar-refractivity contribution in [2.45, 2.75) is 24.9 Å². The smallest absolute Gasteiger partial charge is 0.341 e. The third kappa shape index (κ3) is 3.04. The van der Waals surface area contributed by atoms with E-state index >= 15 is 8.78 Å². The molecule has 2 fully saturated rings. The molecule has 1 saturated heterocycles. The highest BCUT2D eigenvalue weighted by molar-refractivity contribution is 5.94. The number of aromatic nitrogens is 1. The number of ether oxygens (including phenoxy) is 1. The standard InChI is InChI=1S/C19H21F2N3O4/c1-22-7-11-9-28-5-4-23(11)17-14(20)6-12-16(15(17)21)24(10-2-3-10)8-13(18(12)25)19(26)27/h6,8,10-11,22H,2-5,7,9H2,1H3,(H,26,27). The first-order valence-electron chi connectivity index (χ1n) is 9.23. The number of carboxylic acids is 1. The molecule has 28 heavy (non-hydrogen) atoms. The zero-order valence-electron chi connectivity index (χ0n) is 15.4. The van der Waals surface area contributed by atoms with Crippen molar-refractivity contribution in [3.63, 3.8) is 0 Å². The van der Waals surface area contributed by atoms with Gasteiger partial charge in [0.2, 0.25) is 5.43 Å². The Balaban J connectivity index is 1.97. The summed E-state index contributed by atoms with van der Waals surface area (Å²) in [5.74, 6) is -3.12. The van der Waals surface area contributed by atoms with Crippen LogP contribution >= 0.6 is 0 Å². The van der Waals surface area contributed by atoms with Gasteiger partial charge in [0.15, 0.2) is 5.82 Å². The lowest BCUT2D eigenvalue weighted by molar-refractivity contribution is 0.0694. The van der Waals surface area contributed by atoms with Gasteiger partial charge in [0.1, 0.15) is 17.1 Å². The lowest BCUT2D eigenvalue weighted by atomic mass is 10.1. The zero-order chi connectivity index (χ0) is 20.0. The van der Waals surface area contributed by atoms with Crippen LogP contribution in [0.2, 0.25) is 0 Å². The van der Waals surface area contributed by atoms with Gasteiger partial charge in [-0.1, -0.05) is 0 Å². The Bertz CT molecular complexity index is 1000. The van der Waals surface area contributed by atoms with Crippen LogP contribution in [-0.4, -0.2) is 55.0 Å². The van der Waals surface area contributed by atoms with Gasteiger partial charge in [-0.05, 0) is 26.0 Å². The van der Waals surface area contributed by atoms with E-state index in [4.69, 9.17) is 4.74 Å². The van der Waals surface area contributed by atoms with Crippen molar-refractivity contribution in [1.82, 2.24) is 9.88 Å². The summed E-state index contributed by atoms with van der Waals surface area (Å²) in [6.07, 6.45) is 2.69. The number of likely N-dealkylation sites (N-methyl/N-ethyl adjacent to an activating group) is 1. The maximum Gasteiger partial charge on any atom is 0.341 e. The Morgan fingerprint density at radius 1 is 1.39 bits per heavy atom. The number of rotatable bonds is 5. The van der Waals surface area contributed by atoms with Crippen molar-refractivity contribution in [2.75, 3.05) is 38.3 Å². The van der Waals surface area contributed by atoms with E-state index in [2.05, 4.69) is 5.32 Å². The van der Waals surface area contributed by atoms with Crippen LogP contribution in [0.3, 0.4) is 0 Å². The highest BCUT2D eigenvalue weighted by Gasteiger charge is 2.33. The minimum Gasteiger partial charge on any atom is -0.477 e. The quantitative estimate of drug-likeness (QED) is 0.805. The molecule has 9 heteroatoms. The molecule has 1 saturated carbocycles. The third-order valence-corrected chi connectivity index (χ3v) is 5.31. The number of fused-ring (bicyclic) bond motifs is 1. The molecule has 1 aliphatic carbocycles. The van der Waals surface area contributed by atoms with Crippen LogP contribution in [0.15, 0.2) is 17.1 Å². The summed E-state index contributed by atoms with van der Waals surface area (Å²) in [7, 11) is 1.75. The first-order valence-corrected chi connectivity index (χ1v) is 9.23. The molecule has 0 radical (unpaired) electrons. The first kappa shape index (κ1) is 18.8. The highest BCUT2D eigenvalue weighted by Crippen LogP contribution is 2.40. The minimum atomic E-state index is -1.41. The molecule has 0 amide bonds. The largest absolute Gasteiger partial charge is 0.477 e. The first-order chi connectivity index (χ1) is 13.4. The van der Waals surface area contributed by atoms with Crippen molar-refractivity contribution < 1.29 is 23.4 Å². The van der Waals surface area contributed by atoms with Gasteiger partial charge in [0, 0.05) is 25.3 Å². The zero-order valence-corrected chi connectivity index (χ0v) is 15.4. The number of nitrogens with one attached hydrogen (secondary N) is 1. The normalized spacial score (nSPS) is 20.0. The number of aromatic carboxylic acids is 1. The fraction of sp³-hybridized carbons (Fsp3) is 0.474. The Kier molecular flexibility index (Phi) is 4.80. The molecule has 1 aliphatic heterocycles. The third-order valence-electron chi connectivity index (χ3n) is 5.31. The van der Waals surface area contributed by atoms with Crippen molar-refractivity contribution in [3.05, 3.63) is 39.7 Å². The number of hydrogen-bond acceptors (Lipinski definition) is 5. The van der Waals surface area contributed by atoms with Crippen molar-refractivity contribution in [1.29, 1.82) is 0 Å². The van der Waals surface area contributed by atoms with E-state index in [0.29, 0.717) is 26.3 Å². The van der Waals surface area contributed by atoms with Crippen LogP contribution in [0, 0.1) is 11.6 Å². The SMILES string of the molecule is CNCC1COCCN1c1c(F)cc2c(=O)c(C(=O)O)cn(C3CC3)c2c1F. The van der Waals surface area contributed by atoms with E-state index in [1.165, 1.54) is 10.8 Å². The molecule has 2 aromatic rings. The molecule has 2 heterocycles. The number of pyridine rings is 1. The van der Waals surface area contributed by atoms with Gasteiger partial charge >= 0.3 is 5.97 Å². The summed E-state index contributed by atoms with van der Waals surface area (Å²) >= 11 is 0. The van der Waals surface area contributed by atoms with Gasteiger partial charge in [-0.2, -0.15) is 0 Å². The second-order valence-corrected chi connectivity index (χ2v) is 7.21. The number of nitrogens with zero attached hydrogens (tertiary/aromatic N) is 2. The van der Waals surface area contributed by atoms with Crippen LogP contribution in [0.1, 0.15) is 29.2 Å². The predicted molar refractivity (Wildman–Crippen MR) is 99.2 cm³/mol. The molecule has 1 atom stereocenters. The monoisotopic (exact) mass is 393 g/mol. The van der Waals surface area contributed by atoms with Crippen molar-refractivity contribution >= 4 is 22.6 Å². The molecule has 4 rings (SSSR count). The van der Waals surface area contributed by atoms with Gasteiger partial charge in [0.05, 0.1) is 30.2 Å². The summed E-state index contributed by atoms with van der Waals surface area (Å²) in [5, 5.41) is 12.1. The van der Waals surface area contributed by atoms with Gasteiger partial charge < -0.3 is 24.6 Å². The van der Waals surface area contributed by atoms with E-state index in [0.717, 1.165) is 18.9 Å². The molecule has 7 nitrogen and oxygen atoms in total. The van der Waals surface area contributed by atoms with Gasteiger partial charge in [-0.15, -0.1) is 0 Å². The predicted octanol–water partition coefficient (Wildman–Crippen LogP) is 1.74. The molecule has 1 aromatic carbocycles. The summed E-state index contributed by atoms with van der Waals surface area (Å²) in [5.41, 5.74) is -1.60. The highest BCUT2D eigenvalue weighted by atomic mass is 19.1. The van der Waals surface area contributed by atoms with Crippen LogP contribution in [0.5, 0.6) is 0 Å². The maximum absolute atomic E-state index is 15.6. The van der Waals surface area contributed by atoms with Gasteiger partial charge in [0.25, 0.3) is 0 Å². The molecule has 2 N–H and O–H groups in total. The van der Waals surface area contributed by atoms with Crippen LogP contribution in [0.4, 0.5) is 14.5 Å². The molecule has 1 unspecified atom stereocenters. The number of anilines is 1. The molecule has 150 valence electrons. The van der Waals surface area contributed by atoms with Gasteiger partial charge in [-0.3, -0.25) is 4.79 Å². The second-order valence-electron chi connectivity index (χ2n) is 7.21. The Labute approximate surface area is 159 Å². The lowest BCUT2D eigenvalue weighted by Gasteiger charge is -2.37. The molecule has 1 aromatic heterocycles. The number of carbonyl (C=O) groups is 1. The van der Waals surface area contributed by atoms with Crippen LogP contribution in [0.25, 0.3) is 10.9 Å². The summed E-state index contributed by atoms with van der Waals surface area (Å²) in [6.45, 7) is 1.45. The van der Waals surface area contributed by atoms with Crippen LogP contribution < -0.4 is 15.6 Å². The topological polar surface area (TPSA) is 83.8 Å². The van der Waals surface area contributed by atoms with E-state index in [9.17, 15) is 14.7 Å². The summed E-state index contributed by atoms with van der Waals surface area (Å²) in [4.78, 5) is 25.6. The fourth-order valence-electron chi connectivity index (χ4n) is 3.84. The Morgan fingerprint density at radius 3 is 2.79 bits per heavy atom. The number of halogens is 2. The minimum absolute atomic E-state index is 0.0383. The fourth-order valence-corrected chi connectivity index (χ4v) is 3.84. The lowest BCUT2D eigenvalue weighted by Crippen LogP contribution is -2.50. The molecular weight excluding hydrogens is 372 g/mol. The number of benzene rings is 1. The molecule has 2 aliphatic rings. The maximum atomic E-state index is 15.6. The summed E-state index contributed by atoms with van der Waals surface area (Å²) < 4.78 is 37.6. The number of carboxylic acid groups (broad SMARTS) is 1. The second kappa shape index (κ2) is 7.14. The average Bonchev–Trinajstić information content (AvgIpc) is 3.49. The molecule has 0 bridgehead atoms. The van der Waals surface area contributed by atoms with E-state index < -0.39 is 28.6 Å². The average molecular weight is 393 g/mol. The Morgan fingerprint density at radius 2 is 2.14 bits per heavy atom.